The number of ketones is 1. The molecule has 1 N–H and O–H groups in total. The maximum absolute atomic E-state index is 10.8. The largest absolute Gasteiger partial charge is 0.506 e. The molecule has 70 valence electrons. The van der Waals surface area contributed by atoms with Crippen molar-refractivity contribution in [3.8, 4) is 5.75 Å². The van der Waals surface area contributed by atoms with Crippen molar-refractivity contribution >= 4 is 17.4 Å². The zero-order chi connectivity index (χ0) is 10.0. The van der Waals surface area contributed by atoms with E-state index in [0.29, 0.717) is 5.56 Å². The summed E-state index contributed by atoms with van der Waals surface area (Å²) in [5.74, 6) is 0.102. The Balaban J connectivity index is 3.10. The van der Waals surface area contributed by atoms with Crippen molar-refractivity contribution < 1.29 is 9.90 Å². The predicted molar refractivity (Wildman–Crippen MR) is 52.2 cm³/mol. The maximum atomic E-state index is 10.8. The van der Waals surface area contributed by atoms with Gasteiger partial charge in [-0.2, -0.15) is 0 Å². The van der Waals surface area contributed by atoms with E-state index in [1.54, 1.807) is 19.1 Å². The molecule has 0 atom stereocenters. The highest BCUT2D eigenvalue weighted by molar-refractivity contribution is 6.33. The second kappa shape index (κ2) is 3.79. The van der Waals surface area contributed by atoms with E-state index >= 15 is 0 Å². The average Bonchev–Trinajstić information content (AvgIpc) is 2.06. The lowest BCUT2D eigenvalue weighted by Crippen LogP contribution is -1.97. The number of hydrogen-bond acceptors (Lipinski definition) is 2. The first-order valence-electron chi connectivity index (χ1n) is 3.98. The molecule has 1 aromatic carbocycles. The lowest BCUT2D eigenvalue weighted by atomic mass is 10.1. The summed E-state index contributed by atoms with van der Waals surface area (Å²) in [5, 5.41) is 9.74. The van der Waals surface area contributed by atoms with Crippen LogP contribution in [0.25, 0.3) is 0 Å². The van der Waals surface area contributed by atoms with E-state index < -0.39 is 0 Å². The number of Topliss-reactive ketones (excluding diaryl/α,β-unsaturated/α-hetero) is 1. The smallest absolute Gasteiger partial charge is 0.137 e. The fourth-order valence-electron chi connectivity index (χ4n) is 1.11. The van der Waals surface area contributed by atoms with Gasteiger partial charge in [0, 0.05) is 6.42 Å². The van der Waals surface area contributed by atoms with Crippen molar-refractivity contribution in [2.75, 3.05) is 0 Å². The van der Waals surface area contributed by atoms with Crippen LogP contribution in [0.2, 0.25) is 5.02 Å². The first-order valence-corrected chi connectivity index (χ1v) is 4.36. The monoisotopic (exact) mass is 198 g/mol. The molecule has 1 rings (SSSR count). The second-order valence-corrected chi connectivity index (χ2v) is 3.46. The Kier molecular flexibility index (Phi) is 2.94. The van der Waals surface area contributed by atoms with Crippen LogP contribution in [0.15, 0.2) is 12.1 Å². The van der Waals surface area contributed by atoms with Gasteiger partial charge in [-0.1, -0.05) is 23.7 Å². The third-order valence-corrected chi connectivity index (χ3v) is 2.26. The molecular weight excluding hydrogens is 188 g/mol. The first-order chi connectivity index (χ1) is 6.02. The molecule has 0 aromatic heterocycles. The van der Waals surface area contributed by atoms with Gasteiger partial charge in [-0.25, -0.2) is 0 Å². The minimum absolute atomic E-state index is 0.0325. The number of phenols is 1. The highest BCUT2D eigenvalue weighted by Crippen LogP contribution is 2.30. The molecule has 0 radical (unpaired) electrons. The van der Waals surface area contributed by atoms with Crippen LogP contribution >= 0.6 is 11.6 Å². The number of aromatic hydroxyl groups is 1. The molecule has 2 nitrogen and oxygen atoms in total. The van der Waals surface area contributed by atoms with Gasteiger partial charge in [0.1, 0.15) is 11.5 Å². The summed E-state index contributed by atoms with van der Waals surface area (Å²) in [6.45, 7) is 3.26. The summed E-state index contributed by atoms with van der Waals surface area (Å²) in [6, 6.07) is 3.51. The number of halogens is 1. The molecule has 0 aliphatic heterocycles. The molecule has 0 aliphatic carbocycles. The van der Waals surface area contributed by atoms with E-state index in [-0.39, 0.29) is 23.0 Å². The van der Waals surface area contributed by atoms with Crippen LogP contribution < -0.4 is 0 Å². The van der Waals surface area contributed by atoms with Crippen LogP contribution in [0.3, 0.4) is 0 Å². The predicted octanol–water partition coefficient (Wildman–Crippen LogP) is 2.49. The van der Waals surface area contributed by atoms with Crippen molar-refractivity contribution in [3.63, 3.8) is 0 Å². The molecule has 0 saturated heterocycles. The van der Waals surface area contributed by atoms with Crippen LogP contribution in [-0.4, -0.2) is 10.9 Å². The van der Waals surface area contributed by atoms with Gasteiger partial charge in [0.05, 0.1) is 5.02 Å². The summed E-state index contributed by atoms with van der Waals surface area (Å²) in [6.07, 6.45) is 0.271. The van der Waals surface area contributed by atoms with Crippen molar-refractivity contribution in [1.82, 2.24) is 0 Å². The number of benzene rings is 1. The number of hydrogen-bond donors (Lipinski definition) is 1. The van der Waals surface area contributed by atoms with Gasteiger partial charge in [0.25, 0.3) is 0 Å². The molecule has 0 bridgehead atoms. The quantitative estimate of drug-likeness (QED) is 0.793. The Morgan fingerprint density at radius 1 is 1.54 bits per heavy atom. The maximum Gasteiger partial charge on any atom is 0.137 e. The summed E-state index contributed by atoms with van der Waals surface area (Å²) in [7, 11) is 0. The molecule has 0 spiro atoms. The zero-order valence-electron chi connectivity index (χ0n) is 7.60. The summed E-state index contributed by atoms with van der Waals surface area (Å²) >= 11 is 5.84. The third kappa shape index (κ3) is 2.22. The minimum atomic E-state index is 0.0325. The van der Waals surface area contributed by atoms with Gasteiger partial charge < -0.3 is 5.11 Å². The fourth-order valence-corrected chi connectivity index (χ4v) is 1.39. The Morgan fingerprint density at radius 2 is 2.15 bits per heavy atom. The topological polar surface area (TPSA) is 37.3 Å². The molecule has 0 amide bonds. The van der Waals surface area contributed by atoms with Crippen molar-refractivity contribution in [2.45, 2.75) is 20.3 Å². The van der Waals surface area contributed by atoms with Crippen LogP contribution in [0.4, 0.5) is 0 Å². The second-order valence-electron chi connectivity index (χ2n) is 3.08. The number of phenolic OH excluding ortho intramolecular Hbond substituents is 1. The Hall–Kier alpha value is -1.02. The van der Waals surface area contributed by atoms with Crippen LogP contribution in [0.5, 0.6) is 5.75 Å². The molecule has 0 saturated carbocycles. The number of aryl methyl sites for hydroxylation is 1. The van der Waals surface area contributed by atoms with Crippen LogP contribution in [0, 0.1) is 6.92 Å². The van der Waals surface area contributed by atoms with E-state index in [9.17, 15) is 9.90 Å². The molecule has 3 heteroatoms. The third-order valence-electron chi connectivity index (χ3n) is 1.84. The lowest BCUT2D eigenvalue weighted by molar-refractivity contribution is -0.116. The Morgan fingerprint density at radius 3 is 2.69 bits per heavy atom. The number of carbonyl (C=O) groups excluding carboxylic acids is 1. The lowest BCUT2D eigenvalue weighted by Gasteiger charge is -2.06. The molecule has 0 aliphatic rings. The van der Waals surface area contributed by atoms with Crippen molar-refractivity contribution in [1.29, 1.82) is 0 Å². The summed E-state index contributed by atoms with van der Waals surface area (Å²) in [4.78, 5) is 10.8. The first kappa shape index (κ1) is 10.1. The standard InChI is InChI=1S/C10H11ClO2/c1-6-3-4-8(5-7(2)12)9(11)10(6)13/h3-4,13H,5H2,1-2H3. The normalized spacial score (nSPS) is 10.1. The SMILES string of the molecule is CC(=O)Cc1ccc(C)c(O)c1Cl. The molecule has 1 aromatic rings. The van der Waals surface area contributed by atoms with Gasteiger partial charge in [0.15, 0.2) is 0 Å². The fraction of sp³-hybridized carbons (Fsp3) is 0.300. The summed E-state index contributed by atoms with van der Waals surface area (Å²) < 4.78 is 0. The van der Waals surface area contributed by atoms with Crippen LogP contribution in [-0.2, 0) is 11.2 Å². The van der Waals surface area contributed by atoms with Gasteiger partial charge in [-0.3, -0.25) is 4.79 Å². The van der Waals surface area contributed by atoms with E-state index in [4.69, 9.17) is 11.6 Å². The van der Waals surface area contributed by atoms with Crippen molar-refractivity contribution in [2.24, 2.45) is 0 Å². The van der Waals surface area contributed by atoms with Gasteiger partial charge >= 0.3 is 0 Å². The number of carbonyl (C=O) groups is 1. The number of rotatable bonds is 2. The van der Waals surface area contributed by atoms with Gasteiger partial charge in [0.2, 0.25) is 0 Å². The zero-order valence-corrected chi connectivity index (χ0v) is 8.35. The molecule has 0 fully saturated rings. The minimum Gasteiger partial charge on any atom is -0.506 e. The Labute approximate surface area is 82.2 Å². The molecular formula is C10H11ClO2. The van der Waals surface area contributed by atoms with E-state index in [1.165, 1.54) is 6.92 Å². The molecule has 0 heterocycles. The van der Waals surface area contributed by atoms with Crippen LogP contribution in [0.1, 0.15) is 18.1 Å². The molecule has 0 unspecified atom stereocenters. The average molecular weight is 199 g/mol. The summed E-state index contributed by atoms with van der Waals surface area (Å²) in [5.41, 5.74) is 1.40. The van der Waals surface area contributed by atoms with Gasteiger partial charge in [-0.15, -0.1) is 0 Å². The van der Waals surface area contributed by atoms with Crippen molar-refractivity contribution in [3.05, 3.63) is 28.3 Å². The van der Waals surface area contributed by atoms with Gasteiger partial charge in [-0.05, 0) is 25.0 Å². The highest BCUT2D eigenvalue weighted by Gasteiger charge is 2.09. The highest BCUT2D eigenvalue weighted by atomic mass is 35.5. The Bertz CT molecular complexity index is 345. The van der Waals surface area contributed by atoms with E-state index in [2.05, 4.69) is 0 Å². The molecule has 13 heavy (non-hydrogen) atoms. The van der Waals surface area contributed by atoms with E-state index in [1.807, 2.05) is 0 Å². The van der Waals surface area contributed by atoms with E-state index in [0.717, 1.165) is 5.56 Å².